The van der Waals surface area contributed by atoms with Crippen molar-refractivity contribution in [2.45, 2.75) is 44.4 Å². The average Bonchev–Trinajstić information content (AvgIpc) is 2.87. The smallest absolute Gasteiger partial charge is 0.205 e. The molecule has 0 spiro atoms. The standard InChI is InChI=1S/C11H19N3S2/c1-4-15-10-6-5-9(7-10)14(3)11-12-8(2)13-16-11/h9-10H,4-7H2,1-3H3. The first kappa shape index (κ1) is 12.2. The zero-order valence-corrected chi connectivity index (χ0v) is 11.8. The Kier molecular flexibility index (Phi) is 4.08. The highest BCUT2D eigenvalue weighted by molar-refractivity contribution is 7.99. The number of rotatable bonds is 4. The van der Waals surface area contributed by atoms with Crippen molar-refractivity contribution in [3.63, 3.8) is 0 Å². The molecule has 1 heterocycles. The minimum atomic E-state index is 0.663. The molecule has 1 saturated carbocycles. The van der Waals surface area contributed by atoms with Crippen LogP contribution >= 0.6 is 23.3 Å². The second-order valence-corrected chi connectivity index (χ2v) is 6.59. The Morgan fingerprint density at radius 3 is 2.94 bits per heavy atom. The van der Waals surface area contributed by atoms with Gasteiger partial charge in [-0.05, 0) is 31.9 Å². The molecular formula is C11H19N3S2. The molecule has 2 atom stereocenters. The Labute approximate surface area is 106 Å². The molecule has 2 rings (SSSR count). The largest absolute Gasteiger partial charge is 0.347 e. The Hall–Kier alpha value is -0.290. The van der Waals surface area contributed by atoms with Gasteiger partial charge in [0.05, 0.1) is 0 Å². The van der Waals surface area contributed by atoms with Crippen LogP contribution in [0.25, 0.3) is 0 Å². The van der Waals surface area contributed by atoms with Gasteiger partial charge in [0, 0.05) is 29.9 Å². The molecule has 0 aliphatic heterocycles. The molecule has 0 radical (unpaired) electrons. The van der Waals surface area contributed by atoms with Gasteiger partial charge in [-0.1, -0.05) is 6.92 Å². The predicted molar refractivity (Wildman–Crippen MR) is 72.6 cm³/mol. The first-order chi connectivity index (χ1) is 7.70. The van der Waals surface area contributed by atoms with E-state index < -0.39 is 0 Å². The van der Waals surface area contributed by atoms with Gasteiger partial charge >= 0.3 is 0 Å². The lowest BCUT2D eigenvalue weighted by Gasteiger charge is -2.23. The normalized spacial score (nSPS) is 24.9. The van der Waals surface area contributed by atoms with Gasteiger partial charge in [0.25, 0.3) is 0 Å². The zero-order chi connectivity index (χ0) is 11.5. The summed E-state index contributed by atoms with van der Waals surface area (Å²) in [6.45, 7) is 4.20. The van der Waals surface area contributed by atoms with E-state index in [4.69, 9.17) is 0 Å². The average molecular weight is 257 g/mol. The lowest BCUT2D eigenvalue weighted by atomic mass is 10.2. The van der Waals surface area contributed by atoms with Crippen molar-refractivity contribution in [3.05, 3.63) is 5.82 Å². The molecule has 0 amide bonds. The number of aromatic nitrogens is 2. The van der Waals surface area contributed by atoms with E-state index in [0.717, 1.165) is 16.2 Å². The van der Waals surface area contributed by atoms with Gasteiger partial charge in [-0.15, -0.1) is 0 Å². The van der Waals surface area contributed by atoms with Crippen LogP contribution in [0.5, 0.6) is 0 Å². The van der Waals surface area contributed by atoms with Crippen LogP contribution in [-0.2, 0) is 0 Å². The second kappa shape index (κ2) is 5.36. The molecule has 1 aromatic rings. The third-order valence-corrected chi connectivity index (χ3v) is 5.26. The van der Waals surface area contributed by atoms with Crippen LogP contribution in [0.4, 0.5) is 5.13 Å². The van der Waals surface area contributed by atoms with E-state index in [1.165, 1.54) is 36.5 Å². The molecule has 1 aliphatic carbocycles. The van der Waals surface area contributed by atoms with Crippen LogP contribution < -0.4 is 4.90 Å². The quantitative estimate of drug-likeness (QED) is 0.829. The highest BCUT2D eigenvalue weighted by Crippen LogP contribution is 2.34. The van der Waals surface area contributed by atoms with Crippen molar-refractivity contribution in [2.24, 2.45) is 0 Å². The van der Waals surface area contributed by atoms with Gasteiger partial charge in [-0.25, -0.2) is 4.98 Å². The van der Waals surface area contributed by atoms with Gasteiger partial charge in [0.15, 0.2) is 0 Å². The van der Waals surface area contributed by atoms with Crippen molar-refractivity contribution >= 4 is 28.4 Å². The van der Waals surface area contributed by atoms with Crippen LogP contribution in [0.2, 0.25) is 0 Å². The van der Waals surface area contributed by atoms with Gasteiger partial charge in [-0.2, -0.15) is 16.1 Å². The first-order valence-electron chi connectivity index (χ1n) is 5.85. The number of hydrogen-bond acceptors (Lipinski definition) is 5. The molecule has 2 unspecified atom stereocenters. The summed E-state index contributed by atoms with van der Waals surface area (Å²) < 4.78 is 4.25. The summed E-state index contributed by atoms with van der Waals surface area (Å²) in [5.74, 6) is 2.13. The molecule has 3 nitrogen and oxygen atoms in total. The number of anilines is 1. The molecule has 1 aliphatic rings. The number of thioether (sulfide) groups is 1. The van der Waals surface area contributed by atoms with Crippen LogP contribution in [-0.4, -0.2) is 33.4 Å². The van der Waals surface area contributed by atoms with Crippen molar-refractivity contribution in [1.29, 1.82) is 0 Å². The molecule has 16 heavy (non-hydrogen) atoms. The topological polar surface area (TPSA) is 29.0 Å². The summed E-state index contributed by atoms with van der Waals surface area (Å²) in [5.41, 5.74) is 0. The van der Waals surface area contributed by atoms with Crippen molar-refractivity contribution in [1.82, 2.24) is 9.36 Å². The molecule has 0 saturated heterocycles. The summed E-state index contributed by atoms with van der Waals surface area (Å²) in [4.78, 5) is 6.77. The minimum Gasteiger partial charge on any atom is -0.347 e. The summed E-state index contributed by atoms with van der Waals surface area (Å²) in [6, 6.07) is 0.663. The van der Waals surface area contributed by atoms with Crippen LogP contribution in [0, 0.1) is 6.92 Å². The molecule has 1 aromatic heterocycles. The monoisotopic (exact) mass is 257 g/mol. The number of aryl methyl sites for hydroxylation is 1. The van der Waals surface area contributed by atoms with Gasteiger partial charge in [0.1, 0.15) is 5.82 Å². The Bertz CT molecular complexity index is 340. The molecule has 0 bridgehead atoms. The number of hydrogen-bond donors (Lipinski definition) is 0. The molecule has 90 valence electrons. The van der Waals surface area contributed by atoms with E-state index in [1.807, 2.05) is 6.92 Å². The Balaban J connectivity index is 1.94. The van der Waals surface area contributed by atoms with E-state index in [1.54, 1.807) is 0 Å². The van der Waals surface area contributed by atoms with Gasteiger partial charge in [-0.3, -0.25) is 0 Å². The molecule has 0 N–H and O–H groups in total. The van der Waals surface area contributed by atoms with E-state index in [2.05, 4.69) is 40.0 Å². The minimum absolute atomic E-state index is 0.663. The third kappa shape index (κ3) is 2.69. The van der Waals surface area contributed by atoms with Gasteiger partial charge < -0.3 is 4.90 Å². The van der Waals surface area contributed by atoms with Crippen molar-refractivity contribution in [2.75, 3.05) is 17.7 Å². The lowest BCUT2D eigenvalue weighted by molar-refractivity contribution is 0.652. The summed E-state index contributed by atoms with van der Waals surface area (Å²) in [5, 5.41) is 1.93. The van der Waals surface area contributed by atoms with E-state index in [9.17, 15) is 0 Å². The second-order valence-electron chi connectivity index (χ2n) is 4.28. The van der Waals surface area contributed by atoms with Crippen molar-refractivity contribution in [3.8, 4) is 0 Å². The van der Waals surface area contributed by atoms with E-state index in [-0.39, 0.29) is 0 Å². The third-order valence-electron chi connectivity index (χ3n) is 3.13. The van der Waals surface area contributed by atoms with Crippen LogP contribution in [0.3, 0.4) is 0 Å². The maximum Gasteiger partial charge on any atom is 0.205 e. The predicted octanol–water partition coefficient (Wildman–Crippen LogP) is 2.96. The fourth-order valence-electron chi connectivity index (χ4n) is 2.24. The Morgan fingerprint density at radius 1 is 1.50 bits per heavy atom. The molecular weight excluding hydrogens is 238 g/mol. The fourth-order valence-corrected chi connectivity index (χ4v) is 4.08. The van der Waals surface area contributed by atoms with E-state index >= 15 is 0 Å². The van der Waals surface area contributed by atoms with Crippen LogP contribution in [0.1, 0.15) is 32.0 Å². The highest BCUT2D eigenvalue weighted by atomic mass is 32.2. The lowest BCUT2D eigenvalue weighted by Crippen LogP contribution is -2.29. The van der Waals surface area contributed by atoms with Crippen molar-refractivity contribution < 1.29 is 0 Å². The number of nitrogens with zero attached hydrogens (tertiary/aromatic N) is 3. The fraction of sp³-hybridized carbons (Fsp3) is 0.818. The van der Waals surface area contributed by atoms with E-state index in [0.29, 0.717) is 6.04 Å². The maximum atomic E-state index is 4.45. The molecule has 5 heteroatoms. The molecule has 1 fully saturated rings. The summed E-state index contributed by atoms with van der Waals surface area (Å²) >= 11 is 3.62. The summed E-state index contributed by atoms with van der Waals surface area (Å²) in [6.07, 6.45) is 3.95. The Morgan fingerprint density at radius 2 is 2.31 bits per heavy atom. The summed E-state index contributed by atoms with van der Waals surface area (Å²) in [7, 11) is 2.16. The molecule has 0 aromatic carbocycles. The SMILES string of the molecule is CCSC1CCC(N(C)c2nc(C)ns2)C1. The zero-order valence-electron chi connectivity index (χ0n) is 10.1. The first-order valence-corrected chi connectivity index (χ1v) is 7.67. The van der Waals surface area contributed by atoms with Crippen LogP contribution in [0.15, 0.2) is 0 Å². The highest BCUT2D eigenvalue weighted by Gasteiger charge is 2.28. The van der Waals surface area contributed by atoms with Gasteiger partial charge in [0.2, 0.25) is 5.13 Å². The maximum absolute atomic E-state index is 4.45.